The van der Waals surface area contributed by atoms with E-state index < -0.39 is 42.9 Å². The minimum atomic E-state index is -4.83. The summed E-state index contributed by atoms with van der Waals surface area (Å²) in [4.78, 5) is 34.8. The van der Waals surface area contributed by atoms with Crippen molar-refractivity contribution in [3.8, 4) is 22.8 Å². The number of urea groups is 1. The highest BCUT2D eigenvalue weighted by molar-refractivity contribution is 8.15. The topological polar surface area (TPSA) is 111 Å². The van der Waals surface area contributed by atoms with Crippen molar-refractivity contribution in [1.82, 2.24) is 14.8 Å². The van der Waals surface area contributed by atoms with Crippen LogP contribution >= 0.6 is 11.8 Å². The second kappa shape index (κ2) is 13.6. The first-order valence-electron chi connectivity index (χ1n) is 13.2. The quantitative estimate of drug-likeness (QED) is 0.198. The van der Waals surface area contributed by atoms with Gasteiger partial charge < -0.3 is 14.8 Å². The summed E-state index contributed by atoms with van der Waals surface area (Å²) in [5.74, 6) is -1.54. The van der Waals surface area contributed by atoms with Gasteiger partial charge in [0, 0.05) is 17.2 Å². The SMILES string of the molecule is Cc1ccc(COCC(F)F)c(N2C(=O)CS/C2=N\C(=O)Nc2ccc(-n3cnc(-c4ccc(OC(F)(F)F)cc4)n3)cc2F)c1. The van der Waals surface area contributed by atoms with Crippen molar-refractivity contribution < 1.29 is 45.4 Å². The molecule has 0 aliphatic carbocycles. The third-order valence-electron chi connectivity index (χ3n) is 6.24. The van der Waals surface area contributed by atoms with Crippen molar-refractivity contribution in [2.45, 2.75) is 26.3 Å². The number of alkyl halides is 5. The Balaban J connectivity index is 1.29. The number of aryl methyl sites for hydroxylation is 1. The van der Waals surface area contributed by atoms with E-state index in [4.69, 9.17) is 4.74 Å². The first kappa shape index (κ1) is 32.5. The average molecular weight is 665 g/mol. The number of nitrogens with one attached hydrogen (secondary N) is 1. The number of amidine groups is 1. The van der Waals surface area contributed by atoms with Crippen LogP contribution in [0.25, 0.3) is 17.1 Å². The zero-order chi connectivity index (χ0) is 33.0. The van der Waals surface area contributed by atoms with Gasteiger partial charge in [-0.1, -0.05) is 23.9 Å². The van der Waals surface area contributed by atoms with Gasteiger partial charge in [-0.2, -0.15) is 4.99 Å². The molecular formula is C29H22F6N6O4S. The molecule has 3 aromatic carbocycles. The lowest BCUT2D eigenvalue weighted by Gasteiger charge is -2.20. The fourth-order valence-electron chi connectivity index (χ4n) is 4.25. The number of ether oxygens (including phenoxy) is 2. The van der Waals surface area contributed by atoms with E-state index in [1.165, 1.54) is 40.2 Å². The molecule has 1 saturated heterocycles. The molecule has 2 heterocycles. The van der Waals surface area contributed by atoms with Gasteiger partial charge in [-0.05, 0) is 55.0 Å². The molecular weight excluding hydrogens is 642 g/mol. The van der Waals surface area contributed by atoms with E-state index in [-0.39, 0.29) is 34.7 Å². The van der Waals surface area contributed by atoms with Gasteiger partial charge in [-0.3, -0.25) is 9.69 Å². The van der Waals surface area contributed by atoms with Gasteiger partial charge in [0.15, 0.2) is 11.0 Å². The third-order valence-corrected chi connectivity index (χ3v) is 7.17. The molecule has 0 unspecified atom stereocenters. The number of benzene rings is 3. The van der Waals surface area contributed by atoms with Crippen LogP contribution in [-0.2, 0) is 16.1 Å². The Hall–Kier alpha value is -4.90. The summed E-state index contributed by atoms with van der Waals surface area (Å²) in [6.07, 6.45) is -6.23. The van der Waals surface area contributed by atoms with Gasteiger partial charge in [-0.15, -0.1) is 18.3 Å². The third kappa shape index (κ3) is 8.02. The number of carbonyl (C=O) groups excluding carboxylic acids is 2. The molecule has 1 aliphatic rings. The first-order chi connectivity index (χ1) is 21.9. The molecule has 0 spiro atoms. The Kier molecular flexibility index (Phi) is 9.62. The van der Waals surface area contributed by atoms with Crippen LogP contribution in [0.2, 0.25) is 0 Å². The summed E-state index contributed by atoms with van der Waals surface area (Å²) < 4.78 is 87.5. The molecule has 10 nitrogen and oxygen atoms in total. The van der Waals surface area contributed by atoms with Gasteiger partial charge >= 0.3 is 12.4 Å². The summed E-state index contributed by atoms with van der Waals surface area (Å²) in [5, 5.41) is 6.56. The number of aromatic nitrogens is 3. The monoisotopic (exact) mass is 664 g/mol. The van der Waals surface area contributed by atoms with Crippen LogP contribution in [-0.4, -0.2) is 57.0 Å². The molecule has 0 radical (unpaired) electrons. The van der Waals surface area contributed by atoms with Crippen molar-refractivity contribution in [2.24, 2.45) is 4.99 Å². The van der Waals surface area contributed by atoms with Gasteiger partial charge in [0.1, 0.15) is 24.5 Å². The zero-order valence-corrected chi connectivity index (χ0v) is 24.4. The molecule has 240 valence electrons. The molecule has 4 aromatic rings. The Labute approximate surface area is 261 Å². The van der Waals surface area contributed by atoms with E-state index in [1.54, 1.807) is 25.1 Å². The van der Waals surface area contributed by atoms with Gasteiger partial charge in [0.05, 0.1) is 29.4 Å². The molecule has 46 heavy (non-hydrogen) atoms. The van der Waals surface area contributed by atoms with Crippen molar-refractivity contribution in [3.63, 3.8) is 0 Å². The number of carbonyl (C=O) groups is 2. The van der Waals surface area contributed by atoms with Gasteiger partial charge in [-0.25, -0.2) is 27.6 Å². The standard InChI is InChI=1S/C29H22F6N6O4S/c1-16-2-3-18(12-44-13-24(31)32)23(10-16)41-25(42)14-46-28(41)38-27(43)37-22-9-6-19(11-21(22)30)40-15-36-26(39-40)17-4-7-20(8-5-17)45-29(33,34)35/h2-11,15,24H,12-14H2,1H3,(H,37,43)/b38-28-. The summed E-state index contributed by atoms with van der Waals surface area (Å²) in [5.41, 5.74) is 1.89. The number of hydrogen-bond acceptors (Lipinski definition) is 7. The Morgan fingerprint density at radius 2 is 1.87 bits per heavy atom. The lowest BCUT2D eigenvalue weighted by molar-refractivity contribution is -0.274. The highest BCUT2D eigenvalue weighted by Gasteiger charge is 2.33. The second-order valence-corrected chi connectivity index (χ2v) is 10.6. The maximum Gasteiger partial charge on any atom is 0.573 e. The van der Waals surface area contributed by atoms with Gasteiger partial charge in [0.25, 0.3) is 6.43 Å². The Bertz CT molecular complexity index is 1780. The predicted molar refractivity (Wildman–Crippen MR) is 157 cm³/mol. The minimum Gasteiger partial charge on any atom is -0.406 e. The van der Waals surface area contributed by atoms with Crippen LogP contribution < -0.4 is 15.0 Å². The Morgan fingerprint density at radius 3 is 2.57 bits per heavy atom. The number of amides is 3. The second-order valence-electron chi connectivity index (χ2n) is 9.63. The lowest BCUT2D eigenvalue weighted by atomic mass is 10.1. The van der Waals surface area contributed by atoms with Crippen LogP contribution in [0.3, 0.4) is 0 Å². The van der Waals surface area contributed by atoms with E-state index in [0.717, 1.165) is 35.5 Å². The smallest absolute Gasteiger partial charge is 0.406 e. The lowest BCUT2D eigenvalue weighted by Crippen LogP contribution is -2.31. The summed E-state index contributed by atoms with van der Waals surface area (Å²) in [7, 11) is 0. The van der Waals surface area contributed by atoms with Crippen molar-refractivity contribution in [1.29, 1.82) is 0 Å². The van der Waals surface area contributed by atoms with Crippen molar-refractivity contribution in [2.75, 3.05) is 22.6 Å². The minimum absolute atomic E-state index is 0.00776. The van der Waals surface area contributed by atoms with Crippen LogP contribution in [0.1, 0.15) is 11.1 Å². The van der Waals surface area contributed by atoms with Gasteiger partial charge in [0.2, 0.25) is 5.91 Å². The fraction of sp³-hybridized carbons (Fsp3) is 0.207. The number of nitrogens with zero attached hydrogens (tertiary/aromatic N) is 5. The maximum absolute atomic E-state index is 15.0. The number of aliphatic imine (C=N–C) groups is 1. The van der Waals surface area contributed by atoms with Crippen LogP contribution in [0, 0.1) is 12.7 Å². The van der Waals surface area contributed by atoms with E-state index in [0.29, 0.717) is 16.8 Å². The zero-order valence-electron chi connectivity index (χ0n) is 23.6. The molecule has 0 atom stereocenters. The molecule has 1 N–H and O–H groups in total. The summed E-state index contributed by atoms with van der Waals surface area (Å²) in [6, 6.07) is 12.7. The number of anilines is 2. The maximum atomic E-state index is 15.0. The van der Waals surface area contributed by atoms with E-state index in [2.05, 4.69) is 25.1 Å². The van der Waals surface area contributed by atoms with Crippen molar-refractivity contribution in [3.05, 3.63) is 83.9 Å². The highest BCUT2D eigenvalue weighted by Crippen LogP contribution is 2.32. The van der Waals surface area contributed by atoms with E-state index in [9.17, 15) is 31.5 Å². The molecule has 5 rings (SSSR count). The molecule has 0 saturated carbocycles. The van der Waals surface area contributed by atoms with E-state index in [1.807, 2.05) is 0 Å². The number of thioether (sulfide) groups is 1. The highest BCUT2D eigenvalue weighted by atomic mass is 32.2. The van der Waals surface area contributed by atoms with Crippen LogP contribution in [0.5, 0.6) is 5.75 Å². The van der Waals surface area contributed by atoms with Crippen LogP contribution in [0.15, 0.2) is 72.0 Å². The number of hydrogen-bond donors (Lipinski definition) is 1. The molecule has 1 aromatic heterocycles. The fourth-order valence-corrected chi connectivity index (χ4v) is 5.11. The molecule has 3 amide bonds. The molecule has 0 bridgehead atoms. The Morgan fingerprint density at radius 1 is 1.11 bits per heavy atom. The van der Waals surface area contributed by atoms with E-state index >= 15 is 4.39 Å². The summed E-state index contributed by atoms with van der Waals surface area (Å²) in [6.45, 7) is 0.771. The normalized spacial score (nSPS) is 14.4. The van der Waals surface area contributed by atoms with Crippen molar-refractivity contribution >= 4 is 40.2 Å². The molecule has 1 aliphatic heterocycles. The molecule has 1 fully saturated rings. The largest absolute Gasteiger partial charge is 0.573 e. The molecule has 17 heteroatoms. The number of rotatable bonds is 9. The summed E-state index contributed by atoms with van der Waals surface area (Å²) >= 11 is 0.979. The average Bonchev–Trinajstić information content (AvgIpc) is 3.61. The number of halogens is 6. The van der Waals surface area contributed by atoms with Crippen LogP contribution in [0.4, 0.5) is 42.5 Å². The predicted octanol–water partition coefficient (Wildman–Crippen LogP) is 6.73. The first-order valence-corrected chi connectivity index (χ1v) is 14.2.